The summed E-state index contributed by atoms with van der Waals surface area (Å²) < 4.78 is 35.0. The Morgan fingerprint density at radius 1 is 0.951 bits per heavy atom. The molecular formula is C33H48NO5PS. The van der Waals surface area contributed by atoms with Gasteiger partial charge in [0.25, 0.3) is 0 Å². The number of esters is 1. The number of ether oxygens (including phenoxy) is 1. The second-order valence-electron chi connectivity index (χ2n) is 12.9. The molecule has 8 atom stereocenters. The smallest absolute Gasteiger partial charge is 0.376 e. The number of nitrogens with zero attached hydrogens (tertiary/aromatic N) is 1. The molecule has 2 aromatic rings. The van der Waals surface area contributed by atoms with Crippen molar-refractivity contribution < 1.29 is 23.1 Å². The van der Waals surface area contributed by atoms with E-state index in [2.05, 4.69) is 46.5 Å². The van der Waals surface area contributed by atoms with E-state index in [-0.39, 0.29) is 24.0 Å². The van der Waals surface area contributed by atoms with Gasteiger partial charge in [0, 0.05) is 28.9 Å². The second kappa shape index (κ2) is 14.6. The lowest BCUT2D eigenvalue weighted by Crippen LogP contribution is -2.37. The Hall–Kier alpha value is -1.79. The zero-order valence-electron chi connectivity index (χ0n) is 25.5. The molecule has 0 N–H and O–H groups in total. The van der Waals surface area contributed by atoms with Gasteiger partial charge in [0.15, 0.2) is 0 Å². The van der Waals surface area contributed by atoms with Gasteiger partial charge in [-0.2, -0.15) is 0 Å². The van der Waals surface area contributed by atoms with Gasteiger partial charge >= 0.3 is 13.6 Å². The second-order valence-corrected chi connectivity index (χ2v) is 15.9. The molecule has 0 amide bonds. The van der Waals surface area contributed by atoms with Crippen LogP contribution in [0.2, 0.25) is 0 Å². The minimum atomic E-state index is -4.05. The van der Waals surface area contributed by atoms with Crippen LogP contribution in [0.4, 0.5) is 0 Å². The molecule has 6 nitrogen and oxygen atoms in total. The first-order chi connectivity index (χ1) is 19.6. The highest BCUT2D eigenvalue weighted by Gasteiger charge is 2.48. The van der Waals surface area contributed by atoms with Crippen LogP contribution in [0.1, 0.15) is 96.4 Å². The van der Waals surface area contributed by atoms with Gasteiger partial charge in [0.05, 0.1) is 12.2 Å². The third-order valence-corrected chi connectivity index (χ3v) is 11.8. The van der Waals surface area contributed by atoms with Crippen molar-refractivity contribution in [2.45, 2.75) is 98.1 Å². The van der Waals surface area contributed by atoms with Crippen LogP contribution in [0.3, 0.4) is 0 Å². The van der Waals surface area contributed by atoms with Gasteiger partial charge < -0.3 is 13.8 Å². The van der Waals surface area contributed by atoms with E-state index in [4.69, 9.17) is 13.8 Å². The number of thiophene rings is 1. The lowest BCUT2D eigenvalue weighted by atomic mass is 9.75. The van der Waals surface area contributed by atoms with Crippen LogP contribution in [-0.4, -0.2) is 23.2 Å². The average Bonchev–Trinajstić information content (AvgIpc) is 3.44. The number of rotatable bonds is 11. The van der Waals surface area contributed by atoms with Gasteiger partial charge in [-0.25, -0.2) is 4.79 Å². The van der Waals surface area contributed by atoms with E-state index < -0.39 is 19.4 Å². The topological polar surface area (TPSA) is 74.7 Å². The highest BCUT2D eigenvalue weighted by molar-refractivity contribution is 7.54. The van der Waals surface area contributed by atoms with Crippen LogP contribution in [-0.2, 0) is 23.1 Å². The molecule has 1 unspecified atom stereocenters. The Kier molecular flexibility index (Phi) is 11.4. The molecule has 2 heterocycles. The van der Waals surface area contributed by atoms with Crippen molar-refractivity contribution in [2.24, 2.45) is 35.5 Å². The van der Waals surface area contributed by atoms with Crippen molar-refractivity contribution in [3.05, 3.63) is 58.6 Å². The van der Waals surface area contributed by atoms with Crippen molar-refractivity contribution in [1.82, 2.24) is 4.98 Å². The maximum absolute atomic E-state index is 15.4. The third kappa shape index (κ3) is 8.63. The van der Waals surface area contributed by atoms with E-state index >= 15 is 4.57 Å². The van der Waals surface area contributed by atoms with Crippen LogP contribution in [0, 0.1) is 35.5 Å². The SMILES string of the molecule is CC(C)[C@H]1CC[C@@H](C)C[C@H]1OP(=O)(O[C@@H]1C[C@H](C)CC[C@H]1C(C)C)[C@H](OC(=O)/C=C\c1cccs1)c1cccnc1. The number of hydrogen-bond donors (Lipinski definition) is 0. The van der Waals surface area contributed by atoms with Crippen molar-refractivity contribution in [3.63, 3.8) is 0 Å². The first-order valence-corrected chi connectivity index (χ1v) is 17.8. The Bertz CT molecular complexity index is 1130. The summed E-state index contributed by atoms with van der Waals surface area (Å²) in [5.41, 5.74) is 0.517. The fourth-order valence-corrected chi connectivity index (χ4v) is 9.39. The van der Waals surface area contributed by atoms with Crippen molar-refractivity contribution in [2.75, 3.05) is 0 Å². The molecule has 2 fully saturated rings. The Labute approximate surface area is 250 Å². The maximum Gasteiger partial charge on any atom is 0.376 e. The summed E-state index contributed by atoms with van der Waals surface area (Å²) in [6, 6.07) is 7.41. The fourth-order valence-electron chi connectivity index (χ4n) is 6.51. The van der Waals surface area contributed by atoms with E-state index in [1.165, 1.54) is 17.4 Å². The molecule has 4 rings (SSSR count). The zero-order chi connectivity index (χ0) is 29.6. The number of hydrogen-bond acceptors (Lipinski definition) is 7. The average molecular weight is 602 g/mol. The van der Waals surface area contributed by atoms with Gasteiger partial charge in [-0.1, -0.05) is 66.5 Å². The van der Waals surface area contributed by atoms with Crippen LogP contribution < -0.4 is 0 Å². The molecule has 2 aliphatic carbocycles. The molecular weight excluding hydrogens is 553 g/mol. The lowest BCUT2D eigenvalue weighted by Gasteiger charge is -2.43. The van der Waals surface area contributed by atoms with Crippen molar-refractivity contribution in [3.8, 4) is 0 Å². The normalized spacial score (nSPS) is 29.5. The molecule has 0 bridgehead atoms. The molecule has 0 aliphatic heterocycles. The summed E-state index contributed by atoms with van der Waals surface area (Å²) in [6.45, 7) is 13.3. The molecule has 2 aliphatic rings. The molecule has 0 saturated heterocycles. The number of carbonyl (C=O) groups is 1. The Morgan fingerprint density at radius 2 is 1.56 bits per heavy atom. The van der Waals surface area contributed by atoms with Crippen molar-refractivity contribution in [1.29, 1.82) is 0 Å². The summed E-state index contributed by atoms with van der Waals surface area (Å²) in [5.74, 6) is 0.335. The van der Waals surface area contributed by atoms with Gasteiger partial charge in [0.1, 0.15) is 0 Å². The van der Waals surface area contributed by atoms with Gasteiger partial charge in [0.2, 0.25) is 5.85 Å². The molecule has 2 aromatic heterocycles. The molecule has 0 spiro atoms. The highest BCUT2D eigenvalue weighted by Crippen LogP contribution is 2.65. The summed E-state index contributed by atoms with van der Waals surface area (Å²) in [5, 5.41) is 1.95. The van der Waals surface area contributed by atoms with E-state index in [9.17, 15) is 4.79 Å². The molecule has 2 saturated carbocycles. The largest absolute Gasteiger partial charge is 0.441 e. The molecule has 226 valence electrons. The minimum absolute atomic E-state index is 0.248. The van der Waals surface area contributed by atoms with Gasteiger partial charge in [-0.05, 0) is 84.8 Å². The summed E-state index contributed by atoms with van der Waals surface area (Å²) in [4.78, 5) is 18.5. The van der Waals surface area contributed by atoms with Crippen LogP contribution in [0.15, 0.2) is 48.1 Å². The van der Waals surface area contributed by atoms with Crippen LogP contribution in [0.5, 0.6) is 0 Å². The lowest BCUT2D eigenvalue weighted by molar-refractivity contribution is -0.141. The standard InChI is InChI=1S/C33H48NO5PS/c1-22(2)28-14-11-24(5)19-30(28)38-40(36,39-31-20-25(6)12-15-29(31)23(3)4)33(26-9-7-17-34-21-26)37-32(35)16-13-27-10-8-18-41-27/h7-10,13,16-18,21-25,28-31,33H,11-12,14-15,19-20H2,1-6H3/b16-13-/t24-,25-,28-,29+,30-,31-,33+,40?/m1/s1. The summed E-state index contributed by atoms with van der Waals surface area (Å²) in [7, 11) is -4.05. The zero-order valence-corrected chi connectivity index (χ0v) is 27.2. The van der Waals surface area contributed by atoms with Gasteiger partial charge in [-0.3, -0.25) is 9.55 Å². The van der Waals surface area contributed by atoms with E-state index in [1.54, 1.807) is 30.6 Å². The maximum atomic E-state index is 15.4. The highest BCUT2D eigenvalue weighted by atomic mass is 32.1. The summed E-state index contributed by atoms with van der Waals surface area (Å²) >= 11 is 1.53. The first kappa shape index (κ1) is 32.1. The number of carbonyl (C=O) groups excluding carboxylic acids is 1. The van der Waals surface area contributed by atoms with E-state index in [0.717, 1.165) is 43.4 Å². The van der Waals surface area contributed by atoms with Gasteiger partial charge in [-0.15, -0.1) is 11.3 Å². The number of aromatic nitrogens is 1. The Balaban J connectivity index is 1.73. The molecule has 41 heavy (non-hydrogen) atoms. The predicted octanol–water partition coefficient (Wildman–Crippen LogP) is 9.55. The minimum Gasteiger partial charge on any atom is -0.441 e. The monoisotopic (exact) mass is 601 g/mol. The Morgan fingerprint density at radius 3 is 2.05 bits per heavy atom. The first-order valence-electron chi connectivity index (χ1n) is 15.3. The van der Waals surface area contributed by atoms with E-state index in [1.807, 2.05) is 17.5 Å². The predicted molar refractivity (Wildman–Crippen MR) is 166 cm³/mol. The molecule has 8 heteroatoms. The van der Waals surface area contributed by atoms with Crippen molar-refractivity contribution >= 4 is 31.0 Å². The van der Waals surface area contributed by atoms with E-state index in [0.29, 0.717) is 29.2 Å². The quantitative estimate of drug-likeness (QED) is 0.145. The van der Waals surface area contributed by atoms with Crippen LogP contribution >= 0.6 is 18.9 Å². The molecule has 0 aromatic carbocycles. The molecule has 0 radical (unpaired) electrons. The van der Waals surface area contributed by atoms with Crippen LogP contribution in [0.25, 0.3) is 6.08 Å². The summed E-state index contributed by atoms with van der Waals surface area (Å²) in [6.07, 6.45) is 11.7. The number of pyridine rings is 1. The fraction of sp³-hybridized carbons (Fsp3) is 0.636. The third-order valence-electron chi connectivity index (χ3n) is 8.90.